The molecule has 0 saturated heterocycles. The van der Waals surface area contributed by atoms with Gasteiger partial charge in [-0.15, -0.1) is 0 Å². The molecule has 0 spiro atoms. The van der Waals surface area contributed by atoms with Gasteiger partial charge in [0.1, 0.15) is 5.75 Å². The van der Waals surface area contributed by atoms with Crippen molar-refractivity contribution >= 4 is 11.9 Å². The van der Waals surface area contributed by atoms with Gasteiger partial charge in [0.15, 0.2) is 5.96 Å². The Morgan fingerprint density at radius 1 is 1.07 bits per heavy atom. The molecule has 0 aromatic heterocycles. The third-order valence-corrected chi connectivity index (χ3v) is 4.08. The zero-order chi connectivity index (χ0) is 21.3. The van der Waals surface area contributed by atoms with Gasteiger partial charge in [0.2, 0.25) is 0 Å². The zero-order valence-electron chi connectivity index (χ0n) is 18.0. The van der Waals surface area contributed by atoms with E-state index in [1.807, 2.05) is 76.2 Å². The minimum atomic E-state index is -0.272. The van der Waals surface area contributed by atoms with Crippen LogP contribution in [0.5, 0.6) is 5.75 Å². The van der Waals surface area contributed by atoms with Crippen LogP contribution in [0.15, 0.2) is 53.5 Å². The number of hydrogen-bond donors (Lipinski definition) is 3. The van der Waals surface area contributed by atoms with Crippen LogP contribution in [0.4, 0.5) is 0 Å². The maximum atomic E-state index is 12.4. The predicted octanol–water partition coefficient (Wildman–Crippen LogP) is 3.48. The summed E-state index contributed by atoms with van der Waals surface area (Å²) in [6, 6.07) is 15.5. The van der Waals surface area contributed by atoms with Gasteiger partial charge in [0.05, 0.1) is 13.7 Å². The summed E-state index contributed by atoms with van der Waals surface area (Å²) in [5.41, 5.74) is 2.40. The molecule has 156 valence electrons. The number of aliphatic imine (C=N–C) groups is 1. The van der Waals surface area contributed by atoms with Crippen molar-refractivity contribution in [2.24, 2.45) is 4.99 Å². The summed E-state index contributed by atoms with van der Waals surface area (Å²) in [5, 5.41) is 9.56. The van der Waals surface area contributed by atoms with Crippen LogP contribution in [0.25, 0.3) is 0 Å². The number of para-hydroxylation sites is 1. The lowest BCUT2D eigenvalue weighted by atomic mass is 10.1. The van der Waals surface area contributed by atoms with E-state index >= 15 is 0 Å². The van der Waals surface area contributed by atoms with Crippen molar-refractivity contribution in [3.05, 3.63) is 65.2 Å². The predicted molar refractivity (Wildman–Crippen MR) is 118 cm³/mol. The lowest BCUT2D eigenvalue weighted by Gasteiger charge is -2.20. The first-order valence-electron chi connectivity index (χ1n) is 9.88. The van der Waals surface area contributed by atoms with Gasteiger partial charge in [-0.25, -0.2) is 4.99 Å². The van der Waals surface area contributed by atoms with E-state index < -0.39 is 0 Å². The molecular formula is C23H32N4O2. The molecule has 2 rings (SSSR count). The van der Waals surface area contributed by atoms with Crippen LogP contribution in [0.3, 0.4) is 0 Å². The molecule has 0 unspecified atom stereocenters. The number of nitrogens with one attached hydrogen (secondary N) is 3. The van der Waals surface area contributed by atoms with E-state index in [9.17, 15) is 4.79 Å². The van der Waals surface area contributed by atoms with Crippen LogP contribution >= 0.6 is 0 Å². The Morgan fingerprint density at radius 3 is 2.52 bits per heavy atom. The highest BCUT2D eigenvalue weighted by molar-refractivity contribution is 5.94. The summed E-state index contributed by atoms with van der Waals surface area (Å²) >= 11 is 0. The molecule has 3 N–H and O–H groups in total. The maximum Gasteiger partial charge on any atom is 0.251 e. The number of hydrogen-bond acceptors (Lipinski definition) is 3. The molecule has 0 aliphatic heterocycles. The van der Waals surface area contributed by atoms with Crippen LogP contribution in [0, 0.1) is 0 Å². The summed E-state index contributed by atoms with van der Waals surface area (Å²) in [4.78, 5) is 17.0. The van der Waals surface area contributed by atoms with Gasteiger partial charge in [-0.05, 0) is 51.5 Å². The highest BCUT2D eigenvalue weighted by Gasteiger charge is 2.15. The molecule has 6 nitrogen and oxygen atoms in total. The highest BCUT2D eigenvalue weighted by atomic mass is 16.5. The van der Waals surface area contributed by atoms with Crippen molar-refractivity contribution in [3.63, 3.8) is 0 Å². The second-order valence-corrected chi connectivity index (χ2v) is 7.77. The zero-order valence-corrected chi connectivity index (χ0v) is 18.0. The molecule has 0 heterocycles. The second kappa shape index (κ2) is 10.5. The van der Waals surface area contributed by atoms with E-state index in [1.54, 1.807) is 7.11 Å². The van der Waals surface area contributed by atoms with Crippen molar-refractivity contribution in [1.29, 1.82) is 0 Å². The van der Waals surface area contributed by atoms with E-state index in [1.165, 1.54) is 0 Å². The molecule has 0 aliphatic rings. The molecule has 29 heavy (non-hydrogen) atoms. The lowest BCUT2D eigenvalue weighted by Crippen LogP contribution is -2.40. The molecule has 0 saturated carbocycles. The molecule has 0 atom stereocenters. The van der Waals surface area contributed by atoms with Gasteiger partial charge in [0, 0.05) is 29.8 Å². The first kappa shape index (κ1) is 22.3. The average Bonchev–Trinajstić information content (AvgIpc) is 2.69. The Morgan fingerprint density at radius 2 is 1.83 bits per heavy atom. The number of carbonyl (C=O) groups is 1. The maximum absolute atomic E-state index is 12.4. The quantitative estimate of drug-likeness (QED) is 0.495. The monoisotopic (exact) mass is 396 g/mol. The van der Waals surface area contributed by atoms with Crippen LogP contribution in [-0.2, 0) is 13.1 Å². The first-order valence-corrected chi connectivity index (χ1v) is 9.88. The molecule has 1 amide bonds. The Labute approximate surface area is 173 Å². The Balaban J connectivity index is 2.06. The molecule has 0 aliphatic carbocycles. The van der Waals surface area contributed by atoms with E-state index in [2.05, 4.69) is 20.9 Å². The molecule has 0 fully saturated rings. The van der Waals surface area contributed by atoms with Crippen molar-refractivity contribution in [3.8, 4) is 5.75 Å². The molecule has 2 aromatic carbocycles. The van der Waals surface area contributed by atoms with Crippen molar-refractivity contribution in [2.75, 3.05) is 13.7 Å². The van der Waals surface area contributed by atoms with Crippen molar-refractivity contribution in [2.45, 2.75) is 46.3 Å². The standard InChI is InChI=1S/C23H32N4O2/c1-6-24-22(26-16-19-11-7-8-13-20(19)29-5)25-15-17-10-9-12-18(14-17)21(28)27-23(2,3)4/h7-14H,6,15-16H2,1-5H3,(H,27,28)(H2,24,25,26). The van der Waals surface area contributed by atoms with Crippen LogP contribution in [0.1, 0.15) is 49.2 Å². The normalized spacial score (nSPS) is 11.7. The van der Waals surface area contributed by atoms with Crippen molar-refractivity contribution in [1.82, 2.24) is 16.0 Å². The Bertz CT molecular complexity index is 841. The van der Waals surface area contributed by atoms with Gasteiger partial charge >= 0.3 is 0 Å². The van der Waals surface area contributed by atoms with Crippen LogP contribution in [0.2, 0.25) is 0 Å². The summed E-state index contributed by atoms with van der Waals surface area (Å²) in [7, 11) is 1.67. The van der Waals surface area contributed by atoms with Gasteiger partial charge in [0.25, 0.3) is 5.91 Å². The fourth-order valence-corrected chi connectivity index (χ4v) is 2.76. The summed E-state index contributed by atoms with van der Waals surface area (Å²) < 4.78 is 5.40. The van der Waals surface area contributed by atoms with E-state index in [0.29, 0.717) is 24.6 Å². The molecule has 0 bridgehead atoms. The summed E-state index contributed by atoms with van der Waals surface area (Å²) in [6.07, 6.45) is 0. The number of benzene rings is 2. The lowest BCUT2D eigenvalue weighted by molar-refractivity contribution is 0.0919. The molecule has 6 heteroatoms. The number of ether oxygens (including phenoxy) is 1. The largest absolute Gasteiger partial charge is 0.496 e. The third kappa shape index (κ3) is 7.49. The van der Waals surface area contributed by atoms with Gasteiger partial charge in [-0.3, -0.25) is 4.79 Å². The van der Waals surface area contributed by atoms with E-state index in [4.69, 9.17) is 4.74 Å². The average molecular weight is 397 g/mol. The topological polar surface area (TPSA) is 74.8 Å². The Hall–Kier alpha value is -3.02. The number of carbonyl (C=O) groups excluding carboxylic acids is 1. The van der Waals surface area contributed by atoms with E-state index in [0.717, 1.165) is 23.4 Å². The first-order chi connectivity index (χ1) is 13.8. The number of nitrogens with zero attached hydrogens (tertiary/aromatic N) is 1. The minimum absolute atomic E-state index is 0.0791. The smallest absolute Gasteiger partial charge is 0.251 e. The molecular weight excluding hydrogens is 364 g/mol. The highest BCUT2D eigenvalue weighted by Crippen LogP contribution is 2.16. The SMILES string of the molecule is CCNC(=NCc1cccc(C(=O)NC(C)(C)C)c1)NCc1ccccc1OC. The van der Waals surface area contributed by atoms with Crippen molar-refractivity contribution < 1.29 is 9.53 Å². The number of guanidine groups is 1. The molecule has 0 radical (unpaired) electrons. The minimum Gasteiger partial charge on any atom is -0.496 e. The van der Waals surface area contributed by atoms with Crippen LogP contribution in [-0.4, -0.2) is 31.1 Å². The second-order valence-electron chi connectivity index (χ2n) is 7.77. The molecule has 2 aromatic rings. The number of amides is 1. The Kier molecular flexibility index (Phi) is 8.07. The van der Waals surface area contributed by atoms with Gasteiger partial charge in [-0.1, -0.05) is 30.3 Å². The van der Waals surface area contributed by atoms with E-state index in [-0.39, 0.29) is 11.4 Å². The van der Waals surface area contributed by atoms with Gasteiger partial charge in [-0.2, -0.15) is 0 Å². The summed E-state index contributed by atoms with van der Waals surface area (Å²) in [6.45, 7) is 9.75. The van der Waals surface area contributed by atoms with Crippen LogP contribution < -0.4 is 20.7 Å². The van der Waals surface area contributed by atoms with Gasteiger partial charge < -0.3 is 20.7 Å². The third-order valence-electron chi connectivity index (χ3n) is 4.08. The fraction of sp³-hybridized carbons (Fsp3) is 0.391. The number of rotatable bonds is 7. The summed E-state index contributed by atoms with van der Waals surface area (Å²) in [5.74, 6) is 1.47. The number of methoxy groups -OCH3 is 1. The fourth-order valence-electron chi connectivity index (χ4n) is 2.76.